The van der Waals surface area contributed by atoms with Crippen LogP contribution in [-0.2, 0) is 6.54 Å². The molecule has 0 spiro atoms. The van der Waals surface area contributed by atoms with Crippen molar-refractivity contribution in [2.75, 3.05) is 31.1 Å². The molecule has 2 fully saturated rings. The lowest BCUT2D eigenvalue weighted by Crippen LogP contribution is -2.49. The van der Waals surface area contributed by atoms with E-state index in [1.165, 1.54) is 19.0 Å². The molecule has 0 unspecified atom stereocenters. The Kier molecular flexibility index (Phi) is 4.65. The van der Waals surface area contributed by atoms with E-state index in [1.807, 2.05) is 24.3 Å². The van der Waals surface area contributed by atoms with Gasteiger partial charge in [-0.2, -0.15) is 0 Å². The van der Waals surface area contributed by atoms with Crippen LogP contribution in [0.5, 0.6) is 5.75 Å². The second kappa shape index (κ2) is 7.48. The van der Waals surface area contributed by atoms with E-state index in [9.17, 15) is 14.7 Å². The lowest BCUT2D eigenvalue weighted by atomic mass is 10.1. The molecule has 1 saturated heterocycles. The standard InChI is InChI=1S/C23H24N4O3/c28-17-7-8-21(24-13-17)25-9-11-26(12-10-25)23(30)19-15-27(14-16-5-6-16)20-4-2-1-3-18(20)22(19)29/h1-4,7-8,13,15-16,28H,5-6,9-12,14H2. The number of piperazine rings is 1. The Bertz CT molecular complexity index is 1140. The molecule has 1 saturated carbocycles. The van der Waals surface area contributed by atoms with Crippen molar-refractivity contribution >= 4 is 22.6 Å². The molecule has 30 heavy (non-hydrogen) atoms. The highest BCUT2D eigenvalue weighted by atomic mass is 16.3. The van der Waals surface area contributed by atoms with Gasteiger partial charge in [-0.25, -0.2) is 4.98 Å². The topological polar surface area (TPSA) is 78.7 Å². The number of hydrogen-bond acceptors (Lipinski definition) is 5. The SMILES string of the molecule is O=C(c1cn(CC2CC2)c2ccccc2c1=O)N1CCN(c2ccc(O)cn2)CC1. The summed E-state index contributed by atoms with van der Waals surface area (Å²) in [6.07, 6.45) is 5.59. The number of carbonyl (C=O) groups is 1. The quantitative estimate of drug-likeness (QED) is 0.723. The molecule has 5 rings (SSSR count). The fraction of sp³-hybridized carbons (Fsp3) is 0.348. The minimum atomic E-state index is -0.200. The monoisotopic (exact) mass is 404 g/mol. The first-order chi connectivity index (χ1) is 14.6. The van der Waals surface area contributed by atoms with E-state index in [0.29, 0.717) is 37.5 Å². The van der Waals surface area contributed by atoms with Crippen molar-refractivity contribution in [2.45, 2.75) is 19.4 Å². The molecule has 1 aliphatic carbocycles. The Labute approximate surface area is 174 Å². The van der Waals surface area contributed by atoms with E-state index < -0.39 is 0 Å². The summed E-state index contributed by atoms with van der Waals surface area (Å²) in [6, 6.07) is 10.9. The number of amides is 1. The van der Waals surface area contributed by atoms with E-state index in [4.69, 9.17) is 0 Å². The number of fused-ring (bicyclic) bond motifs is 1. The summed E-state index contributed by atoms with van der Waals surface area (Å²) in [6.45, 7) is 3.16. The zero-order valence-electron chi connectivity index (χ0n) is 16.7. The van der Waals surface area contributed by atoms with E-state index in [1.54, 1.807) is 23.2 Å². The van der Waals surface area contributed by atoms with E-state index in [-0.39, 0.29) is 22.6 Å². The Morgan fingerprint density at radius 3 is 2.53 bits per heavy atom. The second-order valence-electron chi connectivity index (χ2n) is 8.14. The number of hydrogen-bond donors (Lipinski definition) is 1. The number of carbonyl (C=O) groups excluding carboxylic acids is 1. The lowest BCUT2D eigenvalue weighted by Gasteiger charge is -2.35. The van der Waals surface area contributed by atoms with Crippen molar-refractivity contribution in [3.8, 4) is 5.75 Å². The van der Waals surface area contributed by atoms with E-state index >= 15 is 0 Å². The fourth-order valence-electron chi connectivity index (χ4n) is 4.10. The van der Waals surface area contributed by atoms with Gasteiger partial charge in [0.1, 0.15) is 17.1 Å². The molecule has 2 aromatic heterocycles. The Morgan fingerprint density at radius 1 is 1.07 bits per heavy atom. The lowest BCUT2D eigenvalue weighted by molar-refractivity contribution is 0.0744. The molecule has 1 aromatic carbocycles. The molecule has 3 heterocycles. The first-order valence-electron chi connectivity index (χ1n) is 10.4. The van der Waals surface area contributed by atoms with Crippen LogP contribution < -0.4 is 10.3 Å². The Morgan fingerprint density at radius 2 is 1.83 bits per heavy atom. The maximum absolute atomic E-state index is 13.3. The average molecular weight is 404 g/mol. The minimum absolute atomic E-state index is 0.131. The second-order valence-corrected chi connectivity index (χ2v) is 8.14. The molecule has 0 bridgehead atoms. The highest BCUT2D eigenvalue weighted by Crippen LogP contribution is 2.31. The molecule has 1 amide bonds. The highest BCUT2D eigenvalue weighted by Gasteiger charge is 2.27. The van der Waals surface area contributed by atoms with E-state index in [2.05, 4.69) is 14.5 Å². The molecular formula is C23H24N4O3. The molecule has 1 aliphatic heterocycles. The summed E-state index contributed by atoms with van der Waals surface area (Å²) in [4.78, 5) is 34.4. The minimum Gasteiger partial charge on any atom is -0.506 e. The molecule has 0 atom stereocenters. The van der Waals surface area contributed by atoms with Gasteiger partial charge in [0, 0.05) is 44.3 Å². The first kappa shape index (κ1) is 18.7. The maximum atomic E-state index is 13.3. The smallest absolute Gasteiger partial charge is 0.259 e. The molecule has 154 valence electrons. The number of nitrogens with zero attached hydrogens (tertiary/aromatic N) is 4. The first-order valence-corrected chi connectivity index (χ1v) is 10.4. The molecule has 1 N–H and O–H groups in total. The summed E-state index contributed by atoms with van der Waals surface area (Å²) >= 11 is 0. The van der Waals surface area contributed by atoms with Crippen LogP contribution in [-0.4, -0.2) is 51.6 Å². The van der Waals surface area contributed by atoms with Crippen LogP contribution >= 0.6 is 0 Å². The third kappa shape index (κ3) is 3.51. The maximum Gasteiger partial charge on any atom is 0.259 e. The van der Waals surface area contributed by atoms with Crippen LogP contribution in [0.2, 0.25) is 0 Å². The third-order valence-corrected chi connectivity index (χ3v) is 5.99. The van der Waals surface area contributed by atoms with Crippen LogP contribution in [0.25, 0.3) is 10.9 Å². The molecule has 7 nitrogen and oxygen atoms in total. The fourth-order valence-corrected chi connectivity index (χ4v) is 4.10. The summed E-state index contributed by atoms with van der Waals surface area (Å²) in [5, 5.41) is 10.0. The van der Waals surface area contributed by atoms with Crippen molar-refractivity contribution in [3.05, 3.63) is 64.6 Å². The predicted octanol–water partition coefficient (Wildman–Crippen LogP) is 2.47. The third-order valence-electron chi connectivity index (χ3n) is 5.99. The molecule has 0 radical (unpaired) electrons. The van der Waals surface area contributed by atoms with E-state index in [0.717, 1.165) is 17.9 Å². The largest absolute Gasteiger partial charge is 0.506 e. The van der Waals surface area contributed by atoms with Crippen molar-refractivity contribution in [3.63, 3.8) is 0 Å². The summed E-state index contributed by atoms with van der Waals surface area (Å²) in [5.41, 5.74) is 0.963. The number of rotatable bonds is 4. The zero-order chi connectivity index (χ0) is 20.7. The van der Waals surface area contributed by atoms with Crippen molar-refractivity contribution in [1.82, 2.24) is 14.5 Å². The highest BCUT2D eigenvalue weighted by molar-refractivity contribution is 5.97. The number of aromatic nitrogens is 2. The number of para-hydroxylation sites is 1. The van der Waals surface area contributed by atoms with Gasteiger partial charge in [-0.15, -0.1) is 0 Å². The van der Waals surface area contributed by atoms with Gasteiger partial charge in [-0.05, 0) is 43.0 Å². The summed E-state index contributed by atoms with van der Waals surface area (Å²) < 4.78 is 2.08. The molecule has 2 aliphatic rings. The van der Waals surface area contributed by atoms with Gasteiger partial charge in [0.2, 0.25) is 5.43 Å². The number of benzene rings is 1. The van der Waals surface area contributed by atoms with Crippen LogP contribution in [0.15, 0.2) is 53.6 Å². The van der Waals surface area contributed by atoms with Gasteiger partial charge < -0.3 is 19.5 Å². The van der Waals surface area contributed by atoms with Crippen molar-refractivity contribution in [1.29, 1.82) is 0 Å². The van der Waals surface area contributed by atoms with Crippen molar-refractivity contribution < 1.29 is 9.90 Å². The van der Waals surface area contributed by atoms with Gasteiger partial charge in [-0.3, -0.25) is 9.59 Å². The summed E-state index contributed by atoms with van der Waals surface area (Å²) in [5.74, 6) is 1.34. The van der Waals surface area contributed by atoms with Gasteiger partial charge in [0.15, 0.2) is 0 Å². The van der Waals surface area contributed by atoms with Crippen LogP contribution in [0, 0.1) is 5.92 Å². The van der Waals surface area contributed by atoms with Gasteiger partial charge in [0.25, 0.3) is 5.91 Å². The molecule has 3 aromatic rings. The Balaban J connectivity index is 1.39. The molecular weight excluding hydrogens is 380 g/mol. The summed E-state index contributed by atoms with van der Waals surface area (Å²) in [7, 11) is 0. The van der Waals surface area contributed by atoms with Gasteiger partial charge in [-0.1, -0.05) is 12.1 Å². The van der Waals surface area contributed by atoms with Crippen LogP contribution in [0.1, 0.15) is 23.2 Å². The zero-order valence-corrected chi connectivity index (χ0v) is 16.7. The normalized spacial score (nSPS) is 16.8. The Hall–Kier alpha value is -3.35. The predicted molar refractivity (Wildman–Crippen MR) is 115 cm³/mol. The number of pyridine rings is 2. The van der Waals surface area contributed by atoms with Gasteiger partial charge in [0.05, 0.1) is 11.7 Å². The van der Waals surface area contributed by atoms with Crippen LogP contribution in [0.4, 0.5) is 5.82 Å². The number of anilines is 1. The van der Waals surface area contributed by atoms with Crippen LogP contribution in [0.3, 0.4) is 0 Å². The van der Waals surface area contributed by atoms with Crippen molar-refractivity contribution in [2.24, 2.45) is 5.92 Å². The average Bonchev–Trinajstić information content (AvgIpc) is 3.60. The van der Waals surface area contributed by atoms with Gasteiger partial charge >= 0.3 is 0 Å². The number of aromatic hydroxyl groups is 1. The molecule has 7 heteroatoms.